The summed E-state index contributed by atoms with van der Waals surface area (Å²) in [6, 6.07) is 25.5. The molecule has 0 radical (unpaired) electrons. The van der Waals surface area contributed by atoms with E-state index in [2.05, 4.69) is 5.32 Å². The number of carbonyl (C=O) groups excluding carboxylic acids is 3. The Labute approximate surface area is 181 Å². The van der Waals surface area contributed by atoms with Crippen LogP contribution < -0.4 is 5.32 Å². The fourth-order valence-electron chi connectivity index (χ4n) is 3.97. The Balaban J connectivity index is 1.64. The summed E-state index contributed by atoms with van der Waals surface area (Å²) in [5.41, 5.74) is 1.98. The SMILES string of the molecule is CCc1ccc(C(=O)CN2C(=O)N[C@](Cc3ccccc3)(c3ccccc3)C2=O)cc1. The predicted molar refractivity (Wildman–Crippen MR) is 119 cm³/mol. The van der Waals surface area contributed by atoms with Crippen molar-refractivity contribution >= 4 is 17.7 Å². The van der Waals surface area contributed by atoms with Gasteiger partial charge in [0.2, 0.25) is 0 Å². The molecule has 1 heterocycles. The fraction of sp³-hybridized carbons (Fsp3) is 0.192. The number of benzene rings is 3. The molecule has 1 aliphatic rings. The average molecular weight is 412 g/mol. The van der Waals surface area contributed by atoms with Crippen LogP contribution in [0, 0.1) is 0 Å². The molecule has 0 bridgehead atoms. The third-order valence-corrected chi connectivity index (χ3v) is 5.74. The van der Waals surface area contributed by atoms with Crippen molar-refractivity contribution in [2.45, 2.75) is 25.3 Å². The predicted octanol–water partition coefficient (Wildman–Crippen LogP) is 4.12. The van der Waals surface area contributed by atoms with Crippen LogP contribution in [-0.4, -0.2) is 29.2 Å². The lowest BCUT2D eigenvalue weighted by Crippen LogP contribution is -2.46. The minimum Gasteiger partial charge on any atom is -0.319 e. The molecule has 0 aliphatic carbocycles. The maximum atomic E-state index is 13.6. The number of carbonyl (C=O) groups is 3. The fourth-order valence-corrected chi connectivity index (χ4v) is 3.97. The van der Waals surface area contributed by atoms with Gasteiger partial charge in [-0.2, -0.15) is 0 Å². The second-order valence-electron chi connectivity index (χ2n) is 7.73. The molecule has 1 N–H and O–H groups in total. The second-order valence-corrected chi connectivity index (χ2v) is 7.73. The molecule has 4 rings (SSSR count). The third kappa shape index (κ3) is 3.99. The number of urea groups is 1. The Bertz CT molecular complexity index is 1090. The van der Waals surface area contributed by atoms with Crippen molar-refractivity contribution in [1.29, 1.82) is 0 Å². The largest absolute Gasteiger partial charge is 0.325 e. The van der Waals surface area contributed by atoms with Crippen molar-refractivity contribution in [2.75, 3.05) is 6.54 Å². The highest BCUT2D eigenvalue weighted by molar-refractivity contribution is 6.11. The normalized spacial score (nSPS) is 18.2. The Hall–Kier alpha value is -3.73. The highest BCUT2D eigenvalue weighted by atomic mass is 16.2. The third-order valence-electron chi connectivity index (χ3n) is 5.74. The summed E-state index contributed by atoms with van der Waals surface area (Å²) >= 11 is 0. The zero-order valence-corrected chi connectivity index (χ0v) is 17.4. The van der Waals surface area contributed by atoms with Gasteiger partial charge in [0.1, 0.15) is 0 Å². The summed E-state index contributed by atoms with van der Waals surface area (Å²) in [5.74, 6) is -0.680. The van der Waals surface area contributed by atoms with Crippen LogP contribution in [0.25, 0.3) is 0 Å². The van der Waals surface area contributed by atoms with E-state index in [9.17, 15) is 14.4 Å². The average Bonchev–Trinajstić information content (AvgIpc) is 3.05. The van der Waals surface area contributed by atoms with Gasteiger partial charge in [0, 0.05) is 12.0 Å². The van der Waals surface area contributed by atoms with E-state index in [1.54, 1.807) is 12.1 Å². The molecule has 0 aromatic heterocycles. The van der Waals surface area contributed by atoms with Gasteiger partial charge < -0.3 is 5.32 Å². The van der Waals surface area contributed by atoms with E-state index in [1.165, 1.54) is 0 Å². The van der Waals surface area contributed by atoms with Crippen molar-refractivity contribution in [3.05, 3.63) is 107 Å². The smallest absolute Gasteiger partial charge is 0.319 e. The number of aryl methyl sites for hydroxylation is 1. The highest BCUT2D eigenvalue weighted by Crippen LogP contribution is 2.33. The van der Waals surface area contributed by atoms with E-state index in [0.29, 0.717) is 17.5 Å². The number of amides is 3. The maximum Gasteiger partial charge on any atom is 0.325 e. The monoisotopic (exact) mass is 412 g/mol. The molecule has 1 atom stereocenters. The summed E-state index contributed by atoms with van der Waals surface area (Å²) in [5, 5.41) is 2.89. The molecule has 0 unspecified atom stereocenters. The van der Waals surface area contributed by atoms with Crippen LogP contribution in [-0.2, 0) is 23.2 Å². The quantitative estimate of drug-likeness (QED) is 0.469. The van der Waals surface area contributed by atoms with Crippen molar-refractivity contribution in [3.63, 3.8) is 0 Å². The zero-order valence-electron chi connectivity index (χ0n) is 17.4. The first-order valence-electron chi connectivity index (χ1n) is 10.4. The summed E-state index contributed by atoms with van der Waals surface area (Å²) in [6.45, 7) is 1.75. The van der Waals surface area contributed by atoms with Crippen LogP contribution in [0.15, 0.2) is 84.9 Å². The molecule has 0 spiro atoms. The van der Waals surface area contributed by atoms with Crippen LogP contribution in [0.3, 0.4) is 0 Å². The molecule has 3 aromatic rings. The van der Waals surface area contributed by atoms with E-state index < -0.39 is 17.5 Å². The summed E-state index contributed by atoms with van der Waals surface area (Å²) < 4.78 is 0. The molecule has 5 heteroatoms. The Kier molecular flexibility index (Phi) is 5.67. The lowest BCUT2D eigenvalue weighted by atomic mass is 9.83. The number of nitrogens with zero attached hydrogens (tertiary/aromatic N) is 1. The number of hydrogen-bond acceptors (Lipinski definition) is 3. The van der Waals surface area contributed by atoms with Crippen LogP contribution in [0.1, 0.15) is 34.0 Å². The minimum atomic E-state index is -1.24. The number of imide groups is 1. The molecule has 0 saturated carbocycles. The van der Waals surface area contributed by atoms with E-state index in [4.69, 9.17) is 0 Å². The molecular weight excluding hydrogens is 388 g/mol. The first kappa shape index (κ1) is 20.5. The molecule has 5 nitrogen and oxygen atoms in total. The van der Waals surface area contributed by atoms with E-state index in [0.717, 1.165) is 22.4 Å². The molecule has 1 saturated heterocycles. The second kappa shape index (κ2) is 8.56. The van der Waals surface area contributed by atoms with Gasteiger partial charge in [0.25, 0.3) is 5.91 Å². The van der Waals surface area contributed by atoms with Crippen molar-refractivity contribution in [2.24, 2.45) is 0 Å². The lowest BCUT2D eigenvalue weighted by molar-refractivity contribution is -0.131. The minimum absolute atomic E-state index is 0.269. The van der Waals surface area contributed by atoms with Crippen molar-refractivity contribution < 1.29 is 14.4 Å². The summed E-state index contributed by atoms with van der Waals surface area (Å²) in [7, 11) is 0. The number of rotatable bonds is 7. The Morgan fingerprint density at radius 3 is 2.06 bits per heavy atom. The molecule has 1 aliphatic heterocycles. The molecule has 156 valence electrons. The van der Waals surface area contributed by atoms with E-state index in [-0.39, 0.29) is 12.3 Å². The molecule has 3 aromatic carbocycles. The van der Waals surface area contributed by atoms with Crippen LogP contribution in [0.5, 0.6) is 0 Å². The van der Waals surface area contributed by atoms with Crippen LogP contribution >= 0.6 is 0 Å². The number of hydrogen-bond donors (Lipinski definition) is 1. The standard InChI is InChI=1S/C26H24N2O3/c1-2-19-13-15-21(16-14-19)23(29)18-28-24(30)26(27-25(28)31,22-11-7-4-8-12-22)17-20-9-5-3-6-10-20/h3-16H,2,17-18H2,1H3,(H,27,31)/t26-/m1/s1. The van der Waals surface area contributed by atoms with Gasteiger partial charge in [-0.1, -0.05) is 91.9 Å². The molecule has 1 fully saturated rings. The van der Waals surface area contributed by atoms with Crippen molar-refractivity contribution in [1.82, 2.24) is 10.2 Å². The number of Topliss-reactive ketones (excluding diaryl/α,β-unsaturated/α-hetero) is 1. The lowest BCUT2D eigenvalue weighted by Gasteiger charge is -2.27. The zero-order chi connectivity index (χ0) is 21.8. The molecule has 3 amide bonds. The number of ketones is 1. The van der Waals surface area contributed by atoms with Crippen LogP contribution in [0.4, 0.5) is 4.79 Å². The maximum absolute atomic E-state index is 13.6. The number of nitrogens with one attached hydrogen (secondary N) is 1. The van der Waals surface area contributed by atoms with Gasteiger partial charge in [0.15, 0.2) is 11.3 Å². The first-order chi connectivity index (χ1) is 15.0. The van der Waals surface area contributed by atoms with Crippen molar-refractivity contribution in [3.8, 4) is 0 Å². The van der Waals surface area contributed by atoms with Gasteiger partial charge in [-0.25, -0.2) is 4.79 Å². The molecular formula is C26H24N2O3. The van der Waals surface area contributed by atoms with Gasteiger partial charge in [-0.15, -0.1) is 0 Å². The van der Waals surface area contributed by atoms with Gasteiger partial charge in [-0.05, 0) is 23.1 Å². The molecule has 31 heavy (non-hydrogen) atoms. The van der Waals surface area contributed by atoms with E-state index >= 15 is 0 Å². The van der Waals surface area contributed by atoms with E-state index in [1.807, 2.05) is 79.7 Å². The Morgan fingerprint density at radius 2 is 1.45 bits per heavy atom. The van der Waals surface area contributed by atoms with Crippen LogP contribution in [0.2, 0.25) is 0 Å². The van der Waals surface area contributed by atoms with Gasteiger partial charge in [0.05, 0.1) is 6.54 Å². The summed E-state index contributed by atoms with van der Waals surface area (Å²) in [4.78, 5) is 40.3. The highest BCUT2D eigenvalue weighted by Gasteiger charge is 2.52. The first-order valence-corrected chi connectivity index (χ1v) is 10.4. The summed E-state index contributed by atoms with van der Waals surface area (Å²) in [6.07, 6.45) is 1.18. The Morgan fingerprint density at radius 1 is 0.839 bits per heavy atom. The topological polar surface area (TPSA) is 66.5 Å². The van der Waals surface area contributed by atoms with Gasteiger partial charge >= 0.3 is 6.03 Å². The van der Waals surface area contributed by atoms with Gasteiger partial charge in [-0.3, -0.25) is 14.5 Å².